The van der Waals surface area contributed by atoms with Crippen LogP contribution in [0.4, 0.5) is 0 Å². The van der Waals surface area contributed by atoms with E-state index >= 15 is 0 Å². The summed E-state index contributed by atoms with van der Waals surface area (Å²) in [5.41, 5.74) is 8.79. The molecule has 0 saturated carbocycles. The Labute approximate surface area is 152 Å². The number of fused-ring (bicyclic) bond motifs is 2. The van der Waals surface area contributed by atoms with Crippen LogP contribution in [0.15, 0.2) is 42.5 Å². The summed E-state index contributed by atoms with van der Waals surface area (Å²) in [7, 11) is 0. The van der Waals surface area contributed by atoms with Crippen molar-refractivity contribution in [2.75, 3.05) is 0 Å². The van der Waals surface area contributed by atoms with Crippen LogP contribution < -0.4 is 0 Å². The van der Waals surface area contributed by atoms with Crippen LogP contribution in [0.1, 0.15) is 54.2 Å². The molecule has 0 aliphatic heterocycles. The van der Waals surface area contributed by atoms with Gasteiger partial charge in [-0.15, -0.1) is 0 Å². The zero-order chi connectivity index (χ0) is 17.5. The predicted octanol–water partition coefficient (Wildman–Crippen LogP) is 5.78. The first-order chi connectivity index (χ1) is 11.5. The maximum Gasteiger partial charge on any atom is 0.300 e. The molecule has 25 heavy (non-hydrogen) atoms. The van der Waals surface area contributed by atoms with Crippen molar-refractivity contribution in [3.05, 3.63) is 75.9 Å². The van der Waals surface area contributed by atoms with E-state index in [0.29, 0.717) is 0 Å². The molecule has 0 bridgehead atoms. The molecule has 0 amide bonds. The quantitative estimate of drug-likeness (QED) is 0.661. The average molecular weight is 338 g/mol. The highest BCUT2D eigenvalue weighted by Gasteiger charge is 2.08. The average Bonchev–Trinajstić information content (AvgIpc) is 3.14. The van der Waals surface area contributed by atoms with Gasteiger partial charge in [0.1, 0.15) is 0 Å². The molecule has 4 rings (SSSR count). The summed E-state index contributed by atoms with van der Waals surface area (Å²) >= 11 is 0. The lowest BCUT2D eigenvalue weighted by Crippen LogP contribution is -1.81. The van der Waals surface area contributed by atoms with Crippen molar-refractivity contribution in [2.24, 2.45) is 0 Å². The van der Waals surface area contributed by atoms with Crippen molar-refractivity contribution in [3.63, 3.8) is 0 Å². The fourth-order valence-electron chi connectivity index (χ4n) is 3.09. The summed E-state index contributed by atoms with van der Waals surface area (Å²) in [5.74, 6) is -0.833. The molecule has 0 aromatic heterocycles. The summed E-state index contributed by atoms with van der Waals surface area (Å²) in [5, 5.41) is 7.42. The number of carboxylic acids is 1. The van der Waals surface area contributed by atoms with Crippen LogP contribution in [0.25, 0.3) is 6.08 Å². The minimum atomic E-state index is -0.833. The Balaban J connectivity index is 0.000000201. The number of aryl methyl sites for hydroxylation is 4. The van der Waals surface area contributed by atoms with E-state index in [4.69, 9.17) is 9.90 Å². The molecule has 2 aliphatic carbocycles. The number of allylic oxidation sites excluding steroid dienone is 1. The Morgan fingerprint density at radius 3 is 2.16 bits per heavy atom. The van der Waals surface area contributed by atoms with Gasteiger partial charge in [-0.3, -0.25) is 4.79 Å². The zero-order valence-electron chi connectivity index (χ0n) is 14.8. The molecule has 1 N–H and O–H groups in total. The molecule has 2 heteroatoms. The molecular weight excluding hydrogens is 308 g/mol. The SMILES string of the molecule is C.CC(=O)O.Cc1ccc2c(c1)CC=C2.Cc1ccc2c(c1)CCC2. The van der Waals surface area contributed by atoms with Gasteiger partial charge in [-0.1, -0.05) is 67.1 Å². The molecule has 0 heterocycles. The van der Waals surface area contributed by atoms with Crippen LogP contribution in [-0.2, 0) is 24.1 Å². The zero-order valence-corrected chi connectivity index (χ0v) is 14.8. The molecule has 0 radical (unpaired) electrons. The second kappa shape index (κ2) is 9.83. The van der Waals surface area contributed by atoms with Gasteiger partial charge in [0, 0.05) is 6.92 Å². The summed E-state index contributed by atoms with van der Waals surface area (Å²) in [6, 6.07) is 13.4. The number of aliphatic carboxylic acids is 1. The largest absolute Gasteiger partial charge is 0.481 e. The van der Waals surface area contributed by atoms with E-state index in [1.807, 2.05) is 0 Å². The van der Waals surface area contributed by atoms with E-state index in [0.717, 1.165) is 13.3 Å². The Morgan fingerprint density at radius 2 is 1.48 bits per heavy atom. The third kappa shape index (κ3) is 6.58. The van der Waals surface area contributed by atoms with Gasteiger partial charge in [-0.25, -0.2) is 0 Å². The van der Waals surface area contributed by atoms with Gasteiger partial charge in [-0.05, 0) is 61.8 Å². The molecule has 134 valence electrons. The molecule has 2 aliphatic rings. The van der Waals surface area contributed by atoms with Gasteiger partial charge in [0.25, 0.3) is 5.97 Å². The molecule has 2 aromatic carbocycles. The summed E-state index contributed by atoms with van der Waals surface area (Å²) in [6.07, 6.45) is 9.49. The molecule has 0 fully saturated rings. The number of benzene rings is 2. The fraction of sp³-hybridized carbons (Fsp3) is 0.348. The van der Waals surface area contributed by atoms with Crippen molar-refractivity contribution >= 4 is 12.0 Å². The van der Waals surface area contributed by atoms with Crippen LogP contribution in [0.3, 0.4) is 0 Å². The van der Waals surface area contributed by atoms with E-state index in [1.54, 1.807) is 11.1 Å². The van der Waals surface area contributed by atoms with Gasteiger partial charge < -0.3 is 5.11 Å². The second-order valence-electron chi connectivity index (χ2n) is 6.45. The van der Waals surface area contributed by atoms with Crippen molar-refractivity contribution in [1.29, 1.82) is 0 Å². The van der Waals surface area contributed by atoms with Gasteiger partial charge in [0.15, 0.2) is 0 Å². The van der Waals surface area contributed by atoms with E-state index in [-0.39, 0.29) is 7.43 Å². The molecule has 0 spiro atoms. The Bertz CT molecular complexity index is 729. The molecule has 2 nitrogen and oxygen atoms in total. The Morgan fingerprint density at radius 1 is 0.920 bits per heavy atom. The van der Waals surface area contributed by atoms with Crippen LogP contribution >= 0.6 is 0 Å². The third-order valence-corrected chi connectivity index (χ3v) is 4.19. The van der Waals surface area contributed by atoms with Crippen molar-refractivity contribution in [3.8, 4) is 0 Å². The van der Waals surface area contributed by atoms with Crippen molar-refractivity contribution < 1.29 is 9.90 Å². The number of carboxylic acid groups (broad SMARTS) is 1. The number of carbonyl (C=O) groups is 1. The van der Waals surface area contributed by atoms with Gasteiger partial charge in [0.2, 0.25) is 0 Å². The minimum Gasteiger partial charge on any atom is -0.481 e. The van der Waals surface area contributed by atoms with E-state index in [9.17, 15) is 0 Å². The van der Waals surface area contributed by atoms with Crippen LogP contribution in [0, 0.1) is 13.8 Å². The van der Waals surface area contributed by atoms with E-state index < -0.39 is 5.97 Å². The lowest BCUT2D eigenvalue weighted by molar-refractivity contribution is -0.134. The topological polar surface area (TPSA) is 37.3 Å². The van der Waals surface area contributed by atoms with Gasteiger partial charge in [0.05, 0.1) is 0 Å². The standard InChI is InChI=1S/C10H12.C10H10.C2H4O2.CH4/c2*1-8-5-6-9-3-2-4-10(9)7-8;1-2(3)4;/h5-7H,2-4H2,1H3;2-3,5-7H,4H2,1H3;1H3,(H,3,4);1H4. The Hall–Kier alpha value is -2.35. The maximum atomic E-state index is 9.00. The molecule has 2 aromatic rings. The van der Waals surface area contributed by atoms with Gasteiger partial charge in [-0.2, -0.15) is 0 Å². The second-order valence-corrected chi connectivity index (χ2v) is 6.45. The lowest BCUT2D eigenvalue weighted by Gasteiger charge is -1.98. The summed E-state index contributed by atoms with van der Waals surface area (Å²) in [6.45, 7) is 5.39. The van der Waals surface area contributed by atoms with E-state index in [1.165, 1.54) is 41.5 Å². The predicted molar refractivity (Wildman–Crippen MR) is 107 cm³/mol. The van der Waals surface area contributed by atoms with Crippen LogP contribution in [-0.4, -0.2) is 11.1 Å². The number of rotatable bonds is 0. The van der Waals surface area contributed by atoms with E-state index in [2.05, 4.69) is 62.4 Å². The molecule has 0 atom stereocenters. The molecule has 0 unspecified atom stereocenters. The normalized spacial score (nSPS) is 12.6. The van der Waals surface area contributed by atoms with Crippen LogP contribution in [0.2, 0.25) is 0 Å². The first kappa shape index (κ1) is 20.7. The number of hydrogen-bond acceptors (Lipinski definition) is 1. The molecule has 0 saturated heterocycles. The smallest absolute Gasteiger partial charge is 0.300 e. The summed E-state index contributed by atoms with van der Waals surface area (Å²) in [4.78, 5) is 9.00. The maximum absolute atomic E-state index is 9.00. The van der Waals surface area contributed by atoms with Crippen molar-refractivity contribution in [1.82, 2.24) is 0 Å². The third-order valence-electron chi connectivity index (χ3n) is 4.19. The highest BCUT2D eigenvalue weighted by atomic mass is 16.4. The monoisotopic (exact) mass is 338 g/mol. The fourth-order valence-corrected chi connectivity index (χ4v) is 3.09. The first-order valence-electron chi connectivity index (χ1n) is 8.49. The van der Waals surface area contributed by atoms with Gasteiger partial charge >= 0.3 is 0 Å². The number of hydrogen-bond donors (Lipinski definition) is 1. The minimum absolute atomic E-state index is 0. The summed E-state index contributed by atoms with van der Waals surface area (Å²) < 4.78 is 0. The highest BCUT2D eigenvalue weighted by Crippen LogP contribution is 2.22. The molecular formula is C23H30O2. The first-order valence-corrected chi connectivity index (χ1v) is 8.49. The van der Waals surface area contributed by atoms with Crippen molar-refractivity contribution in [2.45, 2.75) is 53.9 Å². The lowest BCUT2D eigenvalue weighted by atomic mass is 10.1. The Kier molecular flexibility index (Phi) is 8.13. The highest BCUT2D eigenvalue weighted by molar-refractivity contribution is 5.63. The van der Waals surface area contributed by atoms with Crippen LogP contribution in [0.5, 0.6) is 0 Å².